The molecule has 0 atom stereocenters. The number of aromatic nitrogens is 2. The lowest BCUT2D eigenvalue weighted by Crippen LogP contribution is -2.29. The number of carbonyl (C=O) groups excluding carboxylic acids is 1. The van der Waals surface area contributed by atoms with Crippen LogP contribution in [0, 0.1) is 11.3 Å². The van der Waals surface area contributed by atoms with Gasteiger partial charge in [-0.15, -0.1) is 0 Å². The van der Waals surface area contributed by atoms with Gasteiger partial charge in [-0.05, 0) is 0 Å². The van der Waals surface area contributed by atoms with Crippen molar-refractivity contribution in [2.24, 2.45) is 0 Å². The molecule has 1 amide bonds. The molecule has 84 valence electrons. The van der Waals surface area contributed by atoms with Crippen molar-refractivity contribution < 1.29 is 4.79 Å². The minimum absolute atomic E-state index is 0.00842. The van der Waals surface area contributed by atoms with Gasteiger partial charge in [0.1, 0.15) is 5.03 Å². The lowest BCUT2D eigenvalue weighted by atomic mass is 10.4. The number of amides is 1. The molecule has 0 radical (unpaired) electrons. The number of hydrogen-bond donors (Lipinski definition) is 0. The summed E-state index contributed by atoms with van der Waals surface area (Å²) in [7, 11) is 1.69. The summed E-state index contributed by atoms with van der Waals surface area (Å²) in [6, 6.07) is 2.00. The average Bonchev–Trinajstić information content (AvgIpc) is 2.34. The lowest BCUT2D eigenvalue weighted by molar-refractivity contribution is -0.127. The second-order valence-corrected chi connectivity index (χ2v) is 4.05. The molecule has 0 bridgehead atoms. The summed E-state index contributed by atoms with van der Waals surface area (Å²) in [6.45, 7) is 0.469. The molecule has 0 aromatic carbocycles. The first-order valence-corrected chi connectivity index (χ1v) is 5.72. The zero-order chi connectivity index (χ0) is 11.8. The molecule has 0 unspecified atom stereocenters. The number of carbonyl (C=O) groups is 1. The molecule has 0 aliphatic rings. The molecule has 0 aliphatic carbocycles. The Morgan fingerprint density at radius 1 is 1.62 bits per heavy atom. The lowest BCUT2D eigenvalue weighted by Gasteiger charge is -2.14. The van der Waals surface area contributed by atoms with Gasteiger partial charge in [-0.1, -0.05) is 11.8 Å². The maximum Gasteiger partial charge on any atom is 0.232 e. The number of rotatable bonds is 5. The topological polar surface area (TPSA) is 69.9 Å². The van der Waals surface area contributed by atoms with Crippen molar-refractivity contribution >= 4 is 17.7 Å². The summed E-state index contributed by atoms with van der Waals surface area (Å²) in [6.07, 6.45) is 5.16. The van der Waals surface area contributed by atoms with Gasteiger partial charge in [-0.2, -0.15) is 5.26 Å². The third-order valence-corrected chi connectivity index (χ3v) is 2.77. The largest absolute Gasteiger partial charge is 0.344 e. The van der Waals surface area contributed by atoms with Crippen molar-refractivity contribution in [3.63, 3.8) is 0 Å². The van der Waals surface area contributed by atoms with Crippen LogP contribution in [0.3, 0.4) is 0 Å². The number of nitrogens with zero attached hydrogens (tertiary/aromatic N) is 4. The maximum atomic E-state index is 11.6. The summed E-state index contributed by atoms with van der Waals surface area (Å²) >= 11 is 1.34. The highest BCUT2D eigenvalue weighted by atomic mass is 32.2. The average molecular weight is 236 g/mol. The van der Waals surface area contributed by atoms with E-state index in [2.05, 4.69) is 9.97 Å². The summed E-state index contributed by atoms with van der Waals surface area (Å²) < 4.78 is 0. The fraction of sp³-hybridized carbons (Fsp3) is 0.400. The molecule has 0 saturated heterocycles. The Balaban J connectivity index is 2.33. The van der Waals surface area contributed by atoms with E-state index in [4.69, 9.17) is 5.26 Å². The van der Waals surface area contributed by atoms with Crippen LogP contribution in [0.2, 0.25) is 0 Å². The Bertz CT molecular complexity index is 376. The van der Waals surface area contributed by atoms with E-state index in [1.165, 1.54) is 11.8 Å². The number of hydrogen-bond acceptors (Lipinski definition) is 5. The third kappa shape index (κ3) is 4.28. The van der Waals surface area contributed by atoms with Crippen molar-refractivity contribution in [3.8, 4) is 6.07 Å². The molecule has 6 heteroatoms. The highest BCUT2D eigenvalue weighted by Gasteiger charge is 2.08. The van der Waals surface area contributed by atoms with E-state index >= 15 is 0 Å². The van der Waals surface area contributed by atoms with E-state index in [9.17, 15) is 4.79 Å². The highest BCUT2D eigenvalue weighted by Crippen LogP contribution is 2.13. The van der Waals surface area contributed by atoms with E-state index < -0.39 is 0 Å². The first-order valence-electron chi connectivity index (χ1n) is 4.73. The Morgan fingerprint density at radius 2 is 2.44 bits per heavy atom. The van der Waals surface area contributed by atoms with Crippen LogP contribution in [0.25, 0.3) is 0 Å². The van der Waals surface area contributed by atoms with Gasteiger partial charge in [-0.25, -0.2) is 4.98 Å². The quantitative estimate of drug-likeness (QED) is 0.712. The maximum absolute atomic E-state index is 11.6. The van der Waals surface area contributed by atoms with Crippen LogP contribution in [0.1, 0.15) is 6.42 Å². The zero-order valence-electron chi connectivity index (χ0n) is 8.96. The Kier molecular flexibility index (Phi) is 5.29. The van der Waals surface area contributed by atoms with Crippen LogP contribution >= 0.6 is 11.8 Å². The molecule has 1 rings (SSSR count). The van der Waals surface area contributed by atoms with E-state index in [1.807, 2.05) is 6.07 Å². The highest BCUT2D eigenvalue weighted by molar-refractivity contribution is 7.99. The molecule has 1 aromatic rings. The van der Waals surface area contributed by atoms with Crippen LogP contribution in [-0.2, 0) is 4.79 Å². The second-order valence-electron chi connectivity index (χ2n) is 3.06. The summed E-state index contributed by atoms with van der Waals surface area (Å²) in [4.78, 5) is 21.1. The van der Waals surface area contributed by atoms with Gasteiger partial charge >= 0.3 is 0 Å². The van der Waals surface area contributed by atoms with Crippen LogP contribution in [0.5, 0.6) is 0 Å². The molecule has 0 fully saturated rings. The first-order chi connectivity index (χ1) is 7.74. The van der Waals surface area contributed by atoms with Gasteiger partial charge in [0.05, 0.1) is 24.4 Å². The van der Waals surface area contributed by atoms with Crippen molar-refractivity contribution in [2.45, 2.75) is 11.4 Å². The van der Waals surface area contributed by atoms with Gasteiger partial charge in [0.15, 0.2) is 0 Å². The van der Waals surface area contributed by atoms with E-state index in [0.717, 1.165) is 5.03 Å². The summed E-state index contributed by atoms with van der Waals surface area (Å²) in [5.41, 5.74) is 0. The Hall–Kier alpha value is -1.61. The van der Waals surface area contributed by atoms with Crippen molar-refractivity contribution in [2.75, 3.05) is 19.3 Å². The summed E-state index contributed by atoms with van der Waals surface area (Å²) in [5.74, 6) is 0.312. The molecule has 0 spiro atoms. The van der Waals surface area contributed by atoms with Gasteiger partial charge < -0.3 is 4.90 Å². The molecule has 1 aromatic heterocycles. The van der Waals surface area contributed by atoms with Gasteiger partial charge in [-0.3, -0.25) is 9.78 Å². The predicted octanol–water partition coefficient (Wildman–Crippen LogP) is 0.941. The monoisotopic (exact) mass is 236 g/mol. The van der Waals surface area contributed by atoms with Crippen molar-refractivity contribution in [1.29, 1.82) is 5.26 Å². The van der Waals surface area contributed by atoms with Gasteiger partial charge in [0, 0.05) is 26.0 Å². The van der Waals surface area contributed by atoms with Crippen LogP contribution < -0.4 is 0 Å². The van der Waals surface area contributed by atoms with Crippen LogP contribution in [-0.4, -0.2) is 40.1 Å². The molecule has 5 nitrogen and oxygen atoms in total. The van der Waals surface area contributed by atoms with Crippen molar-refractivity contribution in [3.05, 3.63) is 18.6 Å². The Labute approximate surface area is 98.5 Å². The summed E-state index contributed by atoms with van der Waals surface area (Å²) in [5, 5.41) is 9.12. The minimum Gasteiger partial charge on any atom is -0.344 e. The molecule has 0 N–H and O–H groups in total. The molecule has 0 saturated carbocycles. The second kappa shape index (κ2) is 6.80. The van der Waals surface area contributed by atoms with Crippen LogP contribution in [0.4, 0.5) is 0 Å². The SMILES string of the molecule is CN(CCC#N)C(=O)CSc1cnccn1. The first kappa shape index (κ1) is 12.5. The molecule has 16 heavy (non-hydrogen) atoms. The molecular weight excluding hydrogens is 224 g/mol. The van der Waals surface area contributed by atoms with Crippen LogP contribution in [0.15, 0.2) is 23.6 Å². The van der Waals surface area contributed by atoms with E-state index in [0.29, 0.717) is 18.7 Å². The predicted molar refractivity (Wildman–Crippen MR) is 60.6 cm³/mol. The van der Waals surface area contributed by atoms with E-state index in [-0.39, 0.29) is 5.91 Å². The standard InChI is InChI=1S/C10H12N4OS/c1-14(6-2-3-11)10(15)8-16-9-7-12-4-5-13-9/h4-5,7H,2,6,8H2,1H3. The molecule has 1 heterocycles. The van der Waals surface area contributed by atoms with E-state index in [1.54, 1.807) is 30.5 Å². The third-order valence-electron chi connectivity index (χ3n) is 1.87. The number of nitriles is 1. The Morgan fingerprint density at radius 3 is 3.06 bits per heavy atom. The fourth-order valence-corrected chi connectivity index (χ4v) is 1.71. The normalized spacial score (nSPS) is 9.50. The molecule has 0 aliphatic heterocycles. The number of thioether (sulfide) groups is 1. The van der Waals surface area contributed by atoms with Gasteiger partial charge in [0.25, 0.3) is 0 Å². The zero-order valence-corrected chi connectivity index (χ0v) is 9.78. The fourth-order valence-electron chi connectivity index (χ4n) is 0.948. The molecular formula is C10H12N4OS. The van der Waals surface area contributed by atoms with Crippen molar-refractivity contribution in [1.82, 2.24) is 14.9 Å². The van der Waals surface area contributed by atoms with Gasteiger partial charge in [0.2, 0.25) is 5.91 Å². The smallest absolute Gasteiger partial charge is 0.232 e. The minimum atomic E-state index is -0.00842.